The highest BCUT2D eigenvalue weighted by atomic mass is 16.6. The Morgan fingerprint density at radius 1 is 0.303 bits per heavy atom. The van der Waals surface area contributed by atoms with Crippen LogP contribution in [0, 0.1) is 0 Å². The topological polar surface area (TPSA) is 72.8 Å². The second kappa shape index (κ2) is 65.6. The van der Waals surface area contributed by atoms with Gasteiger partial charge in [0.1, 0.15) is 6.61 Å². The Hall–Kier alpha value is -3.70. The number of esters is 2. The second-order valence-electron chi connectivity index (χ2n) is 21.1. The van der Waals surface area contributed by atoms with Crippen LogP contribution < -0.4 is 0 Å². The molecule has 1 N–H and O–H groups in total. The Bertz CT molecular complexity index is 1520. The van der Waals surface area contributed by atoms with E-state index in [0.717, 1.165) is 103 Å². The molecule has 0 bridgehead atoms. The molecular weight excluding hydrogens is 933 g/mol. The van der Waals surface area contributed by atoms with E-state index in [1.54, 1.807) is 0 Å². The number of aliphatic hydroxyl groups excluding tert-OH is 1. The molecule has 0 aliphatic carbocycles. The molecule has 0 fully saturated rings. The van der Waals surface area contributed by atoms with Crippen molar-refractivity contribution >= 4 is 11.9 Å². The molecule has 5 heteroatoms. The third-order valence-corrected chi connectivity index (χ3v) is 13.8. The SMILES string of the molecule is CC/C=C\C/C=C\C/C=C\C/C=C\C/C=C\CCCCCCCCCCCCCCCCCC(=O)OCC(CO)OC(=O)CCCCCCCCCCCCCCCCC/C=C\C/C=C\C/C=C\C/C=C\C/C=C\CC. The van der Waals surface area contributed by atoms with E-state index in [4.69, 9.17) is 9.47 Å². The van der Waals surface area contributed by atoms with E-state index in [-0.39, 0.29) is 25.2 Å². The summed E-state index contributed by atoms with van der Waals surface area (Å²) in [7, 11) is 0. The van der Waals surface area contributed by atoms with Crippen LogP contribution in [0.1, 0.15) is 296 Å². The van der Waals surface area contributed by atoms with Crippen molar-refractivity contribution in [2.24, 2.45) is 0 Å². The second-order valence-corrected chi connectivity index (χ2v) is 21.1. The van der Waals surface area contributed by atoms with Gasteiger partial charge in [-0.3, -0.25) is 9.59 Å². The van der Waals surface area contributed by atoms with Crippen LogP contribution >= 0.6 is 0 Å². The number of rotatable bonds is 58. The largest absolute Gasteiger partial charge is 0.462 e. The minimum atomic E-state index is -0.779. The number of ether oxygens (including phenoxy) is 2. The summed E-state index contributed by atoms with van der Waals surface area (Å²) < 4.78 is 10.7. The third-order valence-electron chi connectivity index (χ3n) is 13.8. The van der Waals surface area contributed by atoms with Gasteiger partial charge in [0.05, 0.1) is 6.61 Å². The van der Waals surface area contributed by atoms with Gasteiger partial charge in [0, 0.05) is 12.8 Å². The highest BCUT2D eigenvalue weighted by Crippen LogP contribution is 2.17. The molecule has 1 unspecified atom stereocenters. The van der Waals surface area contributed by atoms with Crippen molar-refractivity contribution in [3.8, 4) is 0 Å². The fourth-order valence-corrected chi connectivity index (χ4v) is 9.02. The van der Waals surface area contributed by atoms with Crippen LogP contribution in [0.3, 0.4) is 0 Å². The normalized spacial score (nSPS) is 13.0. The summed E-state index contributed by atoms with van der Waals surface area (Å²) >= 11 is 0. The van der Waals surface area contributed by atoms with Gasteiger partial charge in [-0.2, -0.15) is 0 Å². The van der Waals surface area contributed by atoms with Gasteiger partial charge < -0.3 is 14.6 Å². The summed E-state index contributed by atoms with van der Waals surface area (Å²) in [6, 6.07) is 0. The predicted molar refractivity (Wildman–Crippen MR) is 334 cm³/mol. The zero-order valence-electron chi connectivity index (χ0n) is 49.7. The van der Waals surface area contributed by atoms with Gasteiger partial charge in [0.2, 0.25) is 0 Å². The Kier molecular flexibility index (Phi) is 62.4. The predicted octanol–water partition coefficient (Wildman–Crippen LogP) is 22.2. The quantitative estimate of drug-likeness (QED) is 0.0373. The van der Waals surface area contributed by atoms with Crippen LogP contribution in [-0.4, -0.2) is 36.4 Å². The minimum Gasteiger partial charge on any atom is -0.462 e. The molecule has 0 rings (SSSR count). The van der Waals surface area contributed by atoms with Gasteiger partial charge >= 0.3 is 11.9 Å². The first kappa shape index (κ1) is 72.3. The van der Waals surface area contributed by atoms with E-state index in [2.05, 4.69) is 135 Å². The van der Waals surface area contributed by atoms with Crippen LogP contribution in [0.2, 0.25) is 0 Å². The molecule has 0 saturated heterocycles. The van der Waals surface area contributed by atoms with E-state index < -0.39 is 6.10 Å². The van der Waals surface area contributed by atoms with Gasteiger partial charge in [0.25, 0.3) is 0 Å². The van der Waals surface area contributed by atoms with Gasteiger partial charge in [-0.05, 0) is 103 Å². The first-order valence-corrected chi connectivity index (χ1v) is 32.1. The molecule has 0 spiro atoms. The number of carbonyl (C=O) groups excluding carboxylic acids is 2. The molecule has 0 aromatic carbocycles. The van der Waals surface area contributed by atoms with Crippen LogP contribution in [-0.2, 0) is 19.1 Å². The average Bonchev–Trinajstić information content (AvgIpc) is 3.42. The number of allylic oxidation sites excluding steroid dienone is 20. The highest BCUT2D eigenvalue weighted by Gasteiger charge is 2.16. The average molecular weight is 1050 g/mol. The number of carbonyl (C=O) groups is 2. The lowest BCUT2D eigenvalue weighted by Gasteiger charge is -2.15. The van der Waals surface area contributed by atoms with E-state index in [9.17, 15) is 14.7 Å². The number of hydrogen-bond donors (Lipinski definition) is 1. The molecule has 0 saturated carbocycles. The maximum absolute atomic E-state index is 12.4. The highest BCUT2D eigenvalue weighted by molar-refractivity contribution is 5.70. The molecule has 0 aromatic rings. The van der Waals surface area contributed by atoms with Crippen molar-refractivity contribution in [2.75, 3.05) is 13.2 Å². The van der Waals surface area contributed by atoms with Crippen LogP contribution in [0.25, 0.3) is 0 Å². The third kappa shape index (κ3) is 62.8. The minimum absolute atomic E-state index is 0.0690. The lowest BCUT2D eigenvalue weighted by Crippen LogP contribution is -2.28. The van der Waals surface area contributed by atoms with Gasteiger partial charge in [-0.15, -0.1) is 0 Å². The summed E-state index contributed by atoms with van der Waals surface area (Å²) in [4.78, 5) is 24.6. The van der Waals surface area contributed by atoms with Gasteiger partial charge in [-0.25, -0.2) is 0 Å². The summed E-state index contributed by atoms with van der Waals surface area (Å²) in [5.41, 5.74) is 0. The Morgan fingerprint density at radius 2 is 0.526 bits per heavy atom. The maximum atomic E-state index is 12.4. The first-order chi connectivity index (χ1) is 37.6. The van der Waals surface area contributed by atoms with Crippen LogP contribution in [0.5, 0.6) is 0 Å². The van der Waals surface area contributed by atoms with E-state index >= 15 is 0 Å². The summed E-state index contributed by atoms with van der Waals surface area (Å²) in [5, 5.41) is 9.69. The summed E-state index contributed by atoms with van der Waals surface area (Å²) in [5.74, 6) is -0.586. The van der Waals surface area contributed by atoms with Crippen molar-refractivity contribution in [3.05, 3.63) is 122 Å². The van der Waals surface area contributed by atoms with Gasteiger partial charge in [0.15, 0.2) is 6.10 Å². The Balaban J connectivity index is 3.48. The summed E-state index contributed by atoms with van der Waals surface area (Å²) in [6.07, 6.45) is 96.3. The van der Waals surface area contributed by atoms with Crippen LogP contribution in [0.15, 0.2) is 122 Å². The number of hydrogen-bond acceptors (Lipinski definition) is 5. The van der Waals surface area contributed by atoms with E-state index in [1.807, 2.05) is 0 Å². The monoisotopic (exact) mass is 1050 g/mol. The standard InChI is InChI=1S/C71H120O5/c1-3-5-7-9-11-13-15-17-19-21-23-25-27-29-31-33-35-37-39-41-43-45-47-49-51-53-55-57-59-61-63-65-70(73)75-68-69(67-72)76-71(74)66-64-62-60-58-56-54-52-50-48-46-44-42-40-38-36-34-32-30-28-26-24-22-20-18-16-14-12-10-8-6-4-2/h5-8,11-14,17-20,23-26,29-32,69,72H,3-4,9-10,15-16,21-22,27-28,33-68H2,1-2H3/b7-5-,8-6-,13-11-,14-12-,19-17-,20-18-,25-23-,26-24-,31-29-,32-30-. The van der Waals surface area contributed by atoms with Crippen LogP contribution in [0.4, 0.5) is 0 Å². The number of aliphatic hydroxyl groups is 1. The molecule has 0 aliphatic heterocycles. The molecule has 434 valence electrons. The Labute approximate surface area is 471 Å². The molecule has 76 heavy (non-hydrogen) atoms. The molecule has 0 aliphatic rings. The molecule has 0 aromatic heterocycles. The van der Waals surface area contributed by atoms with Crippen molar-refractivity contribution in [1.82, 2.24) is 0 Å². The first-order valence-electron chi connectivity index (χ1n) is 32.1. The lowest BCUT2D eigenvalue weighted by molar-refractivity contribution is -0.161. The smallest absolute Gasteiger partial charge is 0.306 e. The Morgan fingerprint density at radius 3 is 0.789 bits per heavy atom. The zero-order valence-corrected chi connectivity index (χ0v) is 49.7. The summed E-state index contributed by atoms with van der Waals surface area (Å²) in [6.45, 7) is 3.93. The molecule has 0 radical (unpaired) electrons. The molecule has 0 amide bonds. The van der Waals surface area contributed by atoms with Crippen molar-refractivity contribution in [3.63, 3.8) is 0 Å². The molecule has 1 atom stereocenters. The fraction of sp³-hybridized carbons (Fsp3) is 0.690. The maximum Gasteiger partial charge on any atom is 0.306 e. The molecule has 5 nitrogen and oxygen atoms in total. The molecular formula is C71H120O5. The fourth-order valence-electron chi connectivity index (χ4n) is 9.02. The van der Waals surface area contributed by atoms with Gasteiger partial charge in [-0.1, -0.05) is 302 Å². The zero-order chi connectivity index (χ0) is 54.8. The lowest BCUT2D eigenvalue weighted by atomic mass is 10.0. The van der Waals surface area contributed by atoms with E-state index in [1.165, 1.54) is 167 Å². The van der Waals surface area contributed by atoms with Crippen molar-refractivity contribution in [2.45, 2.75) is 302 Å². The van der Waals surface area contributed by atoms with Crippen molar-refractivity contribution < 1.29 is 24.2 Å². The van der Waals surface area contributed by atoms with Crippen molar-refractivity contribution in [1.29, 1.82) is 0 Å². The molecule has 0 heterocycles. The number of unbranched alkanes of at least 4 members (excludes halogenated alkanes) is 30. The van der Waals surface area contributed by atoms with E-state index in [0.29, 0.717) is 12.8 Å².